The van der Waals surface area contributed by atoms with Crippen molar-refractivity contribution >= 4 is 11.6 Å². The lowest BCUT2D eigenvalue weighted by Gasteiger charge is -2.25. The van der Waals surface area contributed by atoms with E-state index in [1.165, 1.54) is 18.2 Å². The predicted octanol–water partition coefficient (Wildman–Crippen LogP) is 3.45. The van der Waals surface area contributed by atoms with Gasteiger partial charge < -0.3 is 10.3 Å². The lowest BCUT2D eigenvalue weighted by atomic mass is 9.85. The molecule has 0 aliphatic heterocycles. The molecule has 1 aromatic heterocycles. The van der Waals surface area contributed by atoms with Gasteiger partial charge in [-0.1, -0.05) is 37.5 Å². The molecule has 2 aromatic rings. The fourth-order valence-corrected chi connectivity index (χ4v) is 1.86. The molecule has 0 fully saturated rings. The van der Waals surface area contributed by atoms with Crippen molar-refractivity contribution < 1.29 is 8.91 Å². The molecule has 6 heteroatoms. The van der Waals surface area contributed by atoms with Gasteiger partial charge in [0.1, 0.15) is 5.82 Å². The van der Waals surface area contributed by atoms with Gasteiger partial charge in [-0.2, -0.15) is 4.98 Å². The first-order chi connectivity index (χ1) is 9.27. The van der Waals surface area contributed by atoms with Gasteiger partial charge in [-0.3, -0.25) is 0 Å². The van der Waals surface area contributed by atoms with Crippen LogP contribution in [0.2, 0.25) is 5.02 Å². The number of hydrogen-bond acceptors (Lipinski definition) is 4. The summed E-state index contributed by atoms with van der Waals surface area (Å²) in [5, 5.41) is 4.11. The molecule has 4 nitrogen and oxygen atoms in total. The maximum absolute atomic E-state index is 13.0. The lowest BCUT2D eigenvalue weighted by molar-refractivity contribution is 0.286. The Hall–Kier alpha value is -1.46. The third-order valence-corrected chi connectivity index (χ3v) is 3.46. The van der Waals surface area contributed by atoms with Gasteiger partial charge in [0.25, 0.3) is 0 Å². The third kappa shape index (κ3) is 3.35. The Morgan fingerprint density at radius 2 is 2.10 bits per heavy atom. The van der Waals surface area contributed by atoms with Crippen LogP contribution in [-0.4, -0.2) is 16.2 Å². The van der Waals surface area contributed by atoms with Gasteiger partial charge in [0.2, 0.25) is 11.7 Å². The van der Waals surface area contributed by atoms with Crippen molar-refractivity contribution in [1.82, 2.24) is 10.1 Å². The first-order valence-corrected chi connectivity index (χ1v) is 6.69. The quantitative estimate of drug-likeness (QED) is 0.942. The number of aromatic nitrogens is 2. The topological polar surface area (TPSA) is 64.9 Å². The van der Waals surface area contributed by atoms with Crippen LogP contribution in [0.1, 0.15) is 26.7 Å². The standard InChI is InChI=1S/C14H17ClFN3O/c1-14(2,3)11(17)7-12-18-13(19-20-12)9-5-4-8(16)6-10(9)15/h4-6,11H,7,17H2,1-3H3. The highest BCUT2D eigenvalue weighted by Gasteiger charge is 2.23. The summed E-state index contributed by atoms with van der Waals surface area (Å²) in [5.74, 6) is 0.381. The highest BCUT2D eigenvalue weighted by molar-refractivity contribution is 6.33. The summed E-state index contributed by atoms with van der Waals surface area (Å²) in [5.41, 5.74) is 6.56. The Morgan fingerprint density at radius 3 is 2.70 bits per heavy atom. The Bertz CT molecular complexity index is 607. The van der Waals surface area contributed by atoms with E-state index in [0.717, 1.165) is 0 Å². The summed E-state index contributed by atoms with van der Waals surface area (Å²) in [6.07, 6.45) is 0.481. The summed E-state index contributed by atoms with van der Waals surface area (Å²) < 4.78 is 18.2. The van der Waals surface area contributed by atoms with Crippen molar-refractivity contribution in [1.29, 1.82) is 0 Å². The van der Waals surface area contributed by atoms with E-state index in [-0.39, 0.29) is 16.5 Å². The van der Waals surface area contributed by atoms with Gasteiger partial charge in [-0.05, 0) is 23.6 Å². The summed E-state index contributed by atoms with van der Waals surface area (Å²) in [6, 6.07) is 3.95. The van der Waals surface area contributed by atoms with E-state index in [4.69, 9.17) is 21.9 Å². The molecule has 0 aliphatic rings. The number of halogens is 2. The lowest BCUT2D eigenvalue weighted by Crippen LogP contribution is -2.36. The van der Waals surface area contributed by atoms with E-state index in [1.807, 2.05) is 20.8 Å². The van der Waals surface area contributed by atoms with Gasteiger partial charge in [0, 0.05) is 18.0 Å². The first kappa shape index (κ1) is 14.9. The van der Waals surface area contributed by atoms with Crippen LogP contribution in [0.15, 0.2) is 22.7 Å². The average molecular weight is 298 g/mol. The SMILES string of the molecule is CC(C)(C)C(N)Cc1nc(-c2ccc(F)cc2Cl)no1. The molecule has 2 rings (SSSR count). The molecule has 1 unspecified atom stereocenters. The van der Waals surface area contributed by atoms with Crippen LogP contribution in [0.25, 0.3) is 11.4 Å². The molecule has 0 aliphatic carbocycles. The van der Waals surface area contributed by atoms with Gasteiger partial charge in [0.15, 0.2) is 0 Å². The first-order valence-electron chi connectivity index (χ1n) is 6.31. The van der Waals surface area contributed by atoms with Crippen LogP contribution in [0, 0.1) is 11.2 Å². The fourth-order valence-electron chi connectivity index (χ4n) is 1.61. The van der Waals surface area contributed by atoms with Gasteiger partial charge in [-0.25, -0.2) is 4.39 Å². The Labute approximate surface area is 122 Å². The molecule has 0 amide bonds. The van der Waals surface area contributed by atoms with Crippen LogP contribution in [0.4, 0.5) is 4.39 Å². The molecule has 1 aromatic carbocycles. The smallest absolute Gasteiger partial charge is 0.228 e. The van der Waals surface area contributed by atoms with Crippen molar-refractivity contribution in [2.24, 2.45) is 11.1 Å². The second kappa shape index (κ2) is 5.50. The number of nitrogens with two attached hydrogens (primary N) is 1. The third-order valence-electron chi connectivity index (χ3n) is 3.15. The number of hydrogen-bond donors (Lipinski definition) is 1. The van der Waals surface area contributed by atoms with Crippen molar-refractivity contribution in [2.75, 3.05) is 0 Å². The zero-order chi connectivity index (χ0) is 14.9. The predicted molar refractivity (Wildman–Crippen MR) is 75.8 cm³/mol. The molecule has 1 atom stereocenters. The molecular weight excluding hydrogens is 281 g/mol. The molecule has 2 N–H and O–H groups in total. The number of rotatable bonds is 3. The van der Waals surface area contributed by atoms with Gasteiger partial charge >= 0.3 is 0 Å². The molecule has 0 saturated carbocycles. The van der Waals surface area contributed by atoms with E-state index < -0.39 is 5.82 Å². The Balaban J connectivity index is 2.21. The second-order valence-electron chi connectivity index (χ2n) is 5.81. The monoisotopic (exact) mass is 297 g/mol. The summed E-state index contributed by atoms with van der Waals surface area (Å²) >= 11 is 5.97. The number of benzene rings is 1. The highest BCUT2D eigenvalue weighted by atomic mass is 35.5. The minimum absolute atomic E-state index is 0.0534. The second-order valence-corrected chi connectivity index (χ2v) is 6.22. The van der Waals surface area contributed by atoms with E-state index in [9.17, 15) is 4.39 Å². The molecular formula is C14H17ClFN3O. The van der Waals surface area contributed by atoms with E-state index in [0.29, 0.717) is 23.7 Å². The van der Waals surface area contributed by atoms with Crippen molar-refractivity contribution in [3.05, 3.63) is 34.9 Å². The van der Waals surface area contributed by atoms with Crippen LogP contribution in [0.3, 0.4) is 0 Å². The zero-order valence-corrected chi connectivity index (χ0v) is 12.4. The van der Waals surface area contributed by atoms with Crippen molar-refractivity contribution in [3.8, 4) is 11.4 Å². The van der Waals surface area contributed by atoms with E-state index in [1.54, 1.807) is 0 Å². The summed E-state index contributed by atoms with van der Waals surface area (Å²) in [7, 11) is 0. The summed E-state index contributed by atoms with van der Waals surface area (Å²) in [4.78, 5) is 4.26. The largest absolute Gasteiger partial charge is 0.339 e. The van der Waals surface area contributed by atoms with Crippen molar-refractivity contribution in [2.45, 2.75) is 33.2 Å². The molecule has 1 heterocycles. The summed E-state index contributed by atoms with van der Waals surface area (Å²) in [6.45, 7) is 6.14. The Kier molecular flexibility index (Phi) is 4.11. The molecule has 20 heavy (non-hydrogen) atoms. The zero-order valence-electron chi connectivity index (χ0n) is 11.7. The van der Waals surface area contributed by atoms with Crippen LogP contribution >= 0.6 is 11.6 Å². The van der Waals surface area contributed by atoms with Gasteiger partial charge in [-0.15, -0.1) is 0 Å². The maximum Gasteiger partial charge on any atom is 0.228 e. The van der Waals surface area contributed by atoms with Gasteiger partial charge in [0.05, 0.1) is 5.02 Å². The molecule has 0 radical (unpaired) electrons. The fraction of sp³-hybridized carbons (Fsp3) is 0.429. The minimum Gasteiger partial charge on any atom is -0.339 e. The Morgan fingerprint density at radius 1 is 1.40 bits per heavy atom. The molecule has 0 spiro atoms. The normalized spacial score (nSPS) is 13.5. The highest BCUT2D eigenvalue weighted by Crippen LogP contribution is 2.27. The minimum atomic E-state index is -0.405. The maximum atomic E-state index is 13.0. The van der Waals surface area contributed by atoms with Crippen LogP contribution < -0.4 is 5.73 Å². The molecule has 0 saturated heterocycles. The average Bonchev–Trinajstić information content (AvgIpc) is 2.76. The van der Waals surface area contributed by atoms with Crippen LogP contribution in [0.5, 0.6) is 0 Å². The molecule has 108 valence electrons. The van der Waals surface area contributed by atoms with Crippen molar-refractivity contribution in [3.63, 3.8) is 0 Å². The van der Waals surface area contributed by atoms with Crippen LogP contribution in [-0.2, 0) is 6.42 Å². The number of nitrogens with zero attached hydrogens (tertiary/aromatic N) is 2. The molecule has 0 bridgehead atoms. The van der Waals surface area contributed by atoms with E-state index >= 15 is 0 Å². The van der Waals surface area contributed by atoms with E-state index in [2.05, 4.69) is 10.1 Å².